The Balaban J connectivity index is 1.76. The summed E-state index contributed by atoms with van der Waals surface area (Å²) in [7, 11) is -8.00. The fourth-order valence-electron chi connectivity index (χ4n) is 2.96. The molecule has 13 heteroatoms. The van der Waals surface area contributed by atoms with Crippen LogP contribution >= 0.6 is 57.6 Å². The smallest absolute Gasteiger partial charge is 0.271 e. The third kappa shape index (κ3) is 5.73. The number of hydrogen-bond donors (Lipinski definition) is 2. The zero-order valence-corrected chi connectivity index (χ0v) is 22.9. The first-order valence-electron chi connectivity index (χ1n) is 9.42. The second-order valence-corrected chi connectivity index (χ2v) is 14.9. The molecule has 0 saturated heterocycles. The highest BCUT2D eigenvalue weighted by Crippen LogP contribution is 2.35. The summed E-state index contributed by atoms with van der Waals surface area (Å²) in [6.45, 7) is 0. The van der Waals surface area contributed by atoms with Crippen LogP contribution in [0.1, 0.15) is 0 Å². The molecular formula is C21H16Cl2N2O4S5. The van der Waals surface area contributed by atoms with Gasteiger partial charge in [-0.15, -0.1) is 34.4 Å². The van der Waals surface area contributed by atoms with Crippen molar-refractivity contribution in [3.05, 3.63) is 75.4 Å². The van der Waals surface area contributed by atoms with E-state index in [1.165, 1.54) is 30.3 Å². The lowest BCUT2D eigenvalue weighted by Gasteiger charge is -2.15. The quantitative estimate of drug-likeness (QED) is 0.213. The van der Waals surface area contributed by atoms with Crippen molar-refractivity contribution < 1.29 is 16.8 Å². The Labute approximate surface area is 220 Å². The molecule has 0 aliphatic rings. The predicted molar refractivity (Wildman–Crippen MR) is 144 cm³/mol. The number of rotatable bonds is 8. The van der Waals surface area contributed by atoms with E-state index in [-0.39, 0.29) is 19.8 Å². The molecule has 0 bridgehead atoms. The van der Waals surface area contributed by atoms with Crippen LogP contribution in [0, 0.1) is 0 Å². The molecule has 2 aromatic heterocycles. The Morgan fingerprint density at radius 2 is 1.18 bits per heavy atom. The second kappa shape index (κ2) is 10.1. The highest BCUT2D eigenvalue weighted by molar-refractivity contribution is 7.98. The normalized spacial score (nSPS) is 12.0. The maximum absolute atomic E-state index is 13.0. The van der Waals surface area contributed by atoms with Crippen LogP contribution in [0.25, 0.3) is 11.1 Å². The topological polar surface area (TPSA) is 92.3 Å². The number of benzene rings is 2. The number of anilines is 2. The van der Waals surface area contributed by atoms with Crippen LogP contribution < -0.4 is 9.44 Å². The van der Waals surface area contributed by atoms with Gasteiger partial charge in [0.2, 0.25) is 0 Å². The third-order valence-corrected chi connectivity index (χ3v) is 11.5. The van der Waals surface area contributed by atoms with Gasteiger partial charge in [0.05, 0.1) is 20.0 Å². The molecule has 4 rings (SSSR count). The van der Waals surface area contributed by atoms with Gasteiger partial charge >= 0.3 is 0 Å². The number of halogens is 2. The van der Waals surface area contributed by atoms with Gasteiger partial charge in [-0.1, -0.05) is 41.4 Å². The zero-order valence-electron chi connectivity index (χ0n) is 17.3. The van der Waals surface area contributed by atoms with Crippen molar-refractivity contribution in [1.29, 1.82) is 0 Å². The van der Waals surface area contributed by atoms with Gasteiger partial charge < -0.3 is 0 Å². The van der Waals surface area contributed by atoms with Gasteiger partial charge in [0.1, 0.15) is 8.42 Å². The molecule has 0 radical (unpaired) electrons. The van der Waals surface area contributed by atoms with Crippen LogP contribution in [0.5, 0.6) is 0 Å². The molecule has 34 heavy (non-hydrogen) atoms. The number of nitrogens with one attached hydrogen (secondary N) is 2. The van der Waals surface area contributed by atoms with Gasteiger partial charge in [-0.25, -0.2) is 16.8 Å². The summed E-state index contributed by atoms with van der Waals surface area (Å²) in [4.78, 5) is 1.08. The molecule has 2 aromatic carbocycles. The minimum absolute atomic E-state index is 0.00562. The van der Waals surface area contributed by atoms with Crippen molar-refractivity contribution in [1.82, 2.24) is 0 Å². The van der Waals surface area contributed by atoms with Crippen molar-refractivity contribution in [2.75, 3.05) is 15.7 Å². The third-order valence-electron chi connectivity index (χ3n) is 4.56. The molecule has 2 heterocycles. The molecule has 178 valence electrons. The zero-order chi connectivity index (χ0) is 24.5. The number of sulfonamides is 2. The van der Waals surface area contributed by atoms with Crippen molar-refractivity contribution in [3.8, 4) is 11.1 Å². The van der Waals surface area contributed by atoms with Gasteiger partial charge in [-0.3, -0.25) is 9.44 Å². The lowest BCUT2D eigenvalue weighted by molar-refractivity contribution is 0.601. The lowest BCUT2D eigenvalue weighted by Crippen LogP contribution is -2.16. The van der Waals surface area contributed by atoms with E-state index < -0.39 is 20.0 Å². The molecule has 0 saturated carbocycles. The van der Waals surface area contributed by atoms with Gasteiger partial charge in [0.25, 0.3) is 20.0 Å². The molecule has 4 aromatic rings. The number of thioether (sulfide) groups is 1. The van der Waals surface area contributed by atoms with Crippen molar-refractivity contribution in [2.24, 2.45) is 0 Å². The van der Waals surface area contributed by atoms with Crippen LogP contribution in [0.2, 0.25) is 8.67 Å². The minimum Gasteiger partial charge on any atom is -0.277 e. The van der Waals surface area contributed by atoms with Gasteiger partial charge in [0.15, 0.2) is 0 Å². The van der Waals surface area contributed by atoms with E-state index in [2.05, 4.69) is 9.44 Å². The van der Waals surface area contributed by atoms with Gasteiger partial charge in [-0.05, 0) is 65.9 Å². The molecule has 0 spiro atoms. The van der Waals surface area contributed by atoms with Gasteiger partial charge in [0, 0.05) is 4.90 Å². The number of thiophene rings is 2. The molecule has 0 aliphatic heterocycles. The van der Waals surface area contributed by atoms with Crippen molar-refractivity contribution >= 4 is 89.1 Å². The molecule has 0 amide bonds. The standard InChI is InChI=1S/C21H16Cl2N2O4S5/c1-30-15-5-2-13(3-6-15)14-4-7-16(24-33(26,27)20-10-8-18(22)31-20)17(12-14)25-34(28,29)21-11-9-19(23)32-21/h2-12,24-25H,1H3. The van der Waals surface area contributed by atoms with Crippen molar-refractivity contribution in [3.63, 3.8) is 0 Å². The minimum atomic E-state index is -4.01. The summed E-state index contributed by atoms with van der Waals surface area (Å²) in [5.74, 6) is 0. The van der Waals surface area contributed by atoms with Crippen LogP contribution in [0.3, 0.4) is 0 Å². The molecule has 0 unspecified atom stereocenters. The molecule has 0 aliphatic carbocycles. The molecule has 0 fully saturated rings. The highest BCUT2D eigenvalue weighted by atomic mass is 35.5. The fraction of sp³-hybridized carbons (Fsp3) is 0.0476. The van der Waals surface area contributed by atoms with Gasteiger partial charge in [-0.2, -0.15) is 0 Å². The van der Waals surface area contributed by atoms with Crippen LogP contribution in [0.15, 0.2) is 80.0 Å². The monoisotopic (exact) mass is 590 g/mol. The summed E-state index contributed by atoms with van der Waals surface area (Å²) >= 11 is 15.2. The summed E-state index contributed by atoms with van der Waals surface area (Å²) in [5.41, 5.74) is 1.69. The average molecular weight is 592 g/mol. The Bertz CT molecular complexity index is 1550. The SMILES string of the molecule is CSc1ccc(-c2ccc(NS(=O)(=O)c3ccc(Cl)s3)c(NS(=O)(=O)c3ccc(Cl)s3)c2)cc1. The second-order valence-electron chi connectivity index (χ2n) is 6.82. The van der Waals surface area contributed by atoms with E-state index in [4.69, 9.17) is 23.2 Å². The summed E-state index contributed by atoms with van der Waals surface area (Å²) < 4.78 is 57.3. The summed E-state index contributed by atoms with van der Waals surface area (Å²) in [6, 6.07) is 18.3. The molecule has 6 nitrogen and oxygen atoms in total. The van der Waals surface area contributed by atoms with E-state index in [1.807, 2.05) is 30.5 Å². The maximum atomic E-state index is 13.0. The fourth-order valence-corrected chi connectivity index (χ4v) is 8.48. The largest absolute Gasteiger partial charge is 0.277 e. The summed E-state index contributed by atoms with van der Waals surface area (Å²) in [5, 5.41) is 0. The van der Waals surface area contributed by atoms with Crippen molar-refractivity contribution in [2.45, 2.75) is 13.3 Å². The van der Waals surface area contributed by atoms with E-state index >= 15 is 0 Å². The van der Waals surface area contributed by atoms with E-state index in [0.29, 0.717) is 14.2 Å². The lowest BCUT2D eigenvalue weighted by atomic mass is 10.0. The van der Waals surface area contributed by atoms with Crippen LogP contribution in [-0.2, 0) is 20.0 Å². The Morgan fingerprint density at radius 3 is 1.65 bits per heavy atom. The first kappa shape index (κ1) is 25.4. The predicted octanol–water partition coefficient (Wildman–Crippen LogP) is 7.11. The van der Waals surface area contributed by atoms with Crippen LogP contribution in [0.4, 0.5) is 11.4 Å². The summed E-state index contributed by atoms with van der Waals surface area (Å²) in [6.07, 6.45) is 1.97. The Kier molecular flexibility index (Phi) is 7.53. The first-order valence-corrected chi connectivity index (χ1v) is 16.0. The Hall–Kier alpha value is -1.73. The van der Waals surface area contributed by atoms with E-state index in [0.717, 1.165) is 33.1 Å². The molecular weight excluding hydrogens is 575 g/mol. The highest BCUT2D eigenvalue weighted by Gasteiger charge is 2.23. The van der Waals surface area contributed by atoms with Crippen LogP contribution in [-0.4, -0.2) is 23.1 Å². The Morgan fingerprint density at radius 1 is 0.676 bits per heavy atom. The number of hydrogen-bond acceptors (Lipinski definition) is 7. The first-order chi connectivity index (χ1) is 16.1. The van der Waals surface area contributed by atoms with E-state index in [9.17, 15) is 16.8 Å². The maximum Gasteiger partial charge on any atom is 0.271 e. The molecule has 0 atom stereocenters. The van der Waals surface area contributed by atoms with E-state index in [1.54, 1.807) is 23.9 Å². The average Bonchev–Trinajstić information content (AvgIpc) is 3.44. The molecule has 2 N–H and O–H groups in total.